The lowest BCUT2D eigenvalue weighted by molar-refractivity contribution is -0.131. The van der Waals surface area contributed by atoms with Gasteiger partial charge in [0.15, 0.2) is 0 Å². The highest BCUT2D eigenvalue weighted by Gasteiger charge is 2.28. The van der Waals surface area contributed by atoms with Crippen molar-refractivity contribution >= 4 is 11.5 Å². The molecule has 0 saturated carbocycles. The van der Waals surface area contributed by atoms with Gasteiger partial charge in [0, 0.05) is 17.1 Å². The van der Waals surface area contributed by atoms with Crippen molar-refractivity contribution in [2.24, 2.45) is 5.41 Å². The molecule has 4 heteroatoms. The van der Waals surface area contributed by atoms with Crippen LogP contribution in [0.15, 0.2) is 47.6 Å². The minimum Gasteiger partial charge on any atom is -0.497 e. The molecule has 0 amide bonds. The van der Waals surface area contributed by atoms with Crippen LogP contribution in [-0.2, 0) is 4.79 Å². The molecule has 2 rings (SSSR count). The Hall–Kier alpha value is -2.49. The maximum Gasteiger partial charge on any atom is 0.328 e. The third kappa shape index (κ3) is 3.88. The first-order chi connectivity index (χ1) is 11.2. The van der Waals surface area contributed by atoms with Gasteiger partial charge in [-0.3, -0.25) is 0 Å². The van der Waals surface area contributed by atoms with Crippen LogP contribution in [0.5, 0.6) is 11.5 Å². The van der Waals surface area contributed by atoms with Crippen LogP contribution in [0.4, 0.5) is 0 Å². The van der Waals surface area contributed by atoms with Crippen molar-refractivity contribution in [1.29, 1.82) is 0 Å². The van der Waals surface area contributed by atoms with E-state index in [0.717, 1.165) is 22.6 Å². The van der Waals surface area contributed by atoms with Crippen molar-refractivity contribution in [2.45, 2.75) is 27.7 Å². The largest absolute Gasteiger partial charge is 0.497 e. The lowest BCUT2D eigenvalue weighted by atomic mass is 9.82. The molecule has 1 aliphatic heterocycles. The molecule has 0 aromatic heterocycles. The smallest absolute Gasteiger partial charge is 0.328 e. The Bertz CT molecular complexity index is 736. The minimum atomic E-state index is -0.950. The molecule has 0 saturated heterocycles. The number of methoxy groups -OCH3 is 1. The molecule has 1 aromatic rings. The fraction of sp³-hybridized carbons (Fsp3) is 0.350. The fourth-order valence-corrected chi connectivity index (χ4v) is 2.58. The molecule has 0 spiro atoms. The molecular weight excluding hydrogens is 304 g/mol. The molecule has 24 heavy (non-hydrogen) atoms. The van der Waals surface area contributed by atoms with E-state index in [1.165, 1.54) is 11.6 Å². The molecule has 0 atom stereocenters. The molecule has 4 nitrogen and oxygen atoms in total. The summed E-state index contributed by atoms with van der Waals surface area (Å²) in [5, 5.41) is 8.87. The van der Waals surface area contributed by atoms with Gasteiger partial charge in [-0.1, -0.05) is 31.6 Å². The van der Waals surface area contributed by atoms with Gasteiger partial charge in [-0.2, -0.15) is 0 Å². The Kier molecular flexibility index (Phi) is 5.17. The number of hydrogen-bond donors (Lipinski definition) is 1. The van der Waals surface area contributed by atoms with E-state index in [1.54, 1.807) is 14.0 Å². The monoisotopic (exact) mass is 328 g/mol. The Morgan fingerprint density at radius 1 is 1.38 bits per heavy atom. The summed E-state index contributed by atoms with van der Waals surface area (Å²) < 4.78 is 11.3. The summed E-state index contributed by atoms with van der Waals surface area (Å²) in [7, 11) is 1.63. The summed E-state index contributed by atoms with van der Waals surface area (Å²) in [6.07, 6.45) is 4.97. The second kappa shape index (κ2) is 6.95. The van der Waals surface area contributed by atoms with E-state index in [2.05, 4.69) is 20.8 Å². The van der Waals surface area contributed by atoms with Crippen LogP contribution in [0.25, 0.3) is 5.57 Å². The highest BCUT2D eigenvalue weighted by atomic mass is 16.5. The predicted octanol–water partition coefficient (Wildman–Crippen LogP) is 4.47. The van der Waals surface area contributed by atoms with E-state index in [0.29, 0.717) is 12.2 Å². The molecule has 0 radical (unpaired) electrons. The number of carboxylic acid groups (broad SMARTS) is 1. The first-order valence-electron chi connectivity index (χ1n) is 7.86. The number of hydrogen-bond acceptors (Lipinski definition) is 3. The van der Waals surface area contributed by atoms with E-state index >= 15 is 0 Å². The number of allylic oxidation sites excluding steroid dienone is 4. The normalized spacial score (nSPS) is 17.3. The van der Waals surface area contributed by atoms with E-state index in [4.69, 9.17) is 14.6 Å². The second-order valence-electron chi connectivity index (χ2n) is 6.63. The van der Waals surface area contributed by atoms with Gasteiger partial charge in [0.1, 0.15) is 11.5 Å². The Labute approximate surface area is 143 Å². The van der Waals surface area contributed by atoms with Crippen molar-refractivity contribution in [3.8, 4) is 11.5 Å². The minimum absolute atomic E-state index is 0.129. The number of rotatable bonds is 4. The summed E-state index contributed by atoms with van der Waals surface area (Å²) in [5.41, 5.74) is 3.72. The number of carboxylic acids is 1. The van der Waals surface area contributed by atoms with Crippen molar-refractivity contribution in [3.63, 3.8) is 0 Å². The molecule has 1 N–H and O–H groups in total. The van der Waals surface area contributed by atoms with Crippen LogP contribution in [0.2, 0.25) is 0 Å². The predicted molar refractivity (Wildman–Crippen MR) is 95.4 cm³/mol. The molecule has 1 aliphatic rings. The zero-order valence-electron chi connectivity index (χ0n) is 14.8. The summed E-state index contributed by atoms with van der Waals surface area (Å²) in [5.74, 6) is 0.614. The van der Waals surface area contributed by atoms with Gasteiger partial charge in [-0.05, 0) is 43.2 Å². The zero-order valence-corrected chi connectivity index (χ0v) is 14.8. The Morgan fingerprint density at radius 3 is 2.71 bits per heavy atom. The topological polar surface area (TPSA) is 55.8 Å². The quantitative estimate of drug-likeness (QED) is 0.654. The molecule has 0 unspecified atom stereocenters. The molecule has 0 bridgehead atoms. The van der Waals surface area contributed by atoms with Crippen molar-refractivity contribution in [3.05, 3.63) is 53.1 Å². The third-order valence-electron chi connectivity index (χ3n) is 4.35. The summed E-state index contributed by atoms with van der Waals surface area (Å²) in [6, 6.07) is 5.75. The van der Waals surface area contributed by atoms with Crippen LogP contribution >= 0.6 is 0 Å². The molecular formula is C20H24O4. The summed E-state index contributed by atoms with van der Waals surface area (Å²) in [4.78, 5) is 10.8. The lowest BCUT2D eigenvalue weighted by Crippen LogP contribution is -2.21. The van der Waals surface area contributed by atoms with Gasteiger partial charge in [0.05, 0.1) is 13.7 Å². The van der Waals surface area contributed by atoms with Crippen LogP contribution in [0.3, 0.4) is 0 Å². The van der Waals surface area contributed by atoms with E-state index in [1.807, 2.05) is 30.4 Å². The van der Waals surface area contributed by atoms with E-state index in [-0.39, 0.29) is 5.41 Å². The van der Waals surface area contributed by atoms with Gasteiger partial charge < -0.3 is 14.6 Å². The van der Waals surface area contributed by atoms with E-state index < -0.39 is 5.97 Å². The SMILES string of the molecule is COc1ccc2c(c1)C(C=CC(C)=CC(=O)O)=C(C)C(C)(C)CO2. The van der Waals surface area contributed by atoms with Gasteiger partial charge in [-0.15, -0.1) is 0 Å². The Morgan fingerprint density at radius 2 is 2.08 bits per heavy atom. The maximum atomic E-state index is 10.8. The highest BCUT2D eigenvalue weighted by Crippen LogP contribution is 2.42. The molecule has 128 valence electrons. The first kappa shape index (κ1) is 17.9. The number of carbonyl (C=O) groups is 1. The van der Waals surface area contributed by atoms with Crippen LogP contribution in [0.1, 0.15) is 33.3 Å². The molecule has 1 aromatic carbocycles. The molecule has 1 heterocycles. The van der Waals surface area contributed by atoms with Crippen LogP contribution < -0.4 is 9.47 Å². The van der Waals surface area contributed by atoms with Crippen LogP contribution in [0, 0.1) is 5.41 Å². The van der Waals surface area contributed by atoms with Gasteiger partial charge in [0.25, 0.3) is 0 Å². The standard InChI is InChI=1S/C20H24O4/c1-13(10-19(21)22)6-8-16-14(2)20(3,4)12-24-18-9-7-15(23-5)11-17(16)18/h6-11H,12H2,1-5H3,(H,21,22). The van der Waals surface area contributed by atoms with E-state index in [9.17, 15) is 4.79 Å². The maximum absolute atomic E-state index is 10.8. The summed E-state index contributed by atoms with van der Waals surface area (Å²) in [6.45, 7) is 8.72. The number of benzene rings is 1. The average Bonchev–Trinajstić information content (AvgIpc) is 2.60. The zero-order chi connectivity index (χ0) is 17.9. The van der Waals surface area contributed by atoms with Crippen molar-refractivity contribution in [2.75, 3.05) is 13.7 Å². The van der Waals surface area contributed by atoms with Crippen molar-refractivity contribution in [1.82, 2.24) is 0 Å². The summed E-state index contributed by atoms with van der Waals surface area (Å²) >= 11 is 0. The van der Waals surface area contributed by atoms with Crippen LogP contribution in [-0.4, -0.2) is 24.8 Å². The highest BCUT2D eigenvalue weighted by molar-refractivity contribution is 5.84. The van der Waals surface area contributed by atoms with Gasteiger partial charge in [-0.25, -0.2) is 4.79 Å². The molecule has 0 aliphatic carbocycles. The van der Waals surface area contributed by atoms with Crippen molar-refractivity contribution < 1.29 is 19.4 Å². The first-order valence-corrected chi connectivity index (χ1v) is 7.86. The number of fused-ring (bicyclic) bond motifs is 1. The van der Waals surface area contributed by atoms with Gasteiger partial charge >= 0.3 is 5.97 Å². The van der Waals surface area contributed by atoms with Gasteiger partial charge in [0.2, 0.25) is 0 Å². The fourth-order valence-electron chi connectivity index (χ4n) is 2.58. The lowest BCUT2D eigenvalue weighted by Gasteiger charge is -2.24. The third-order valence-corrected chi connectivity index (χ3v) is 4.35. The number of aliphatic carboxylic acids is 1. The molecule has 0 fully saturated rings. The second-order valence-corrected chi connectivity index (χ2v) is 6.63. The number of ether oxygens (including phenoxy) is 2. The Balaban J connectivity index is 2.59. The average molecular weight is 328 g/mol.